The number of hydrogen-bond donors (Lipinski definition) is 1. The van der Waals surface area contributed by atoms with E-state index in [9.17, 15) is 4.79 Å². The van der Waals surface area contributed by atoms with Crippen LogP contribution in [0.5, 0.6) is 0 Å². The molecule has 0 fully saturated rings. The normalized spacial score (nSPS) is 29.2. The van der Waals surface area contributed by atoms with Crippen LogP contribution >= 0.6 is 0 Å². The third-order valence-electron chi connectivity index (χ3n) is 2.30. The fourth-order valence-electron chi connectivity index (χ4n) is 1.57. The van der Waals surface area contributed by atoms with E-state index in [1.807, 2.05) is 24.4 Å². The average molecular weight is 179 g/mol. The Hall–Kier alpha value is -1.51. The molecular formula is C10H13NO2. The highest BCUT2D eigenvalue weighted by molar-refractivity contribution is 5.92. The minimum Gasteiger partial charge on any atom is -0.465 e. The molecule has 1 N–H and O–H groups in total. The van der Waals surface area contributed by atoms with E-state index in [1.165, 1.54) is 7.11 Å². The van der Waals surface area contributed by atoms with E-state index in [2.05, 4.69) is 16.1 Å². The molecular weight excluding hydrogens is 166 g/mol. The first-order valence-corrected chi connectivity index (χ1v) is 4.22. The van der Waals surface area contributed by atoms with Crippen LogP contribution in [-0.4, -0.2) is 19.1 Å². The molecule has 0 radical (unpaired) electrons. The fourth-order valence-corrected chi connectivity index (χ4v) is 1.57. The number of carbonyl (C=O) groups excluding carboxylic acids is 1. The number of hydrogen-bond acceptors (Lipinski definition) is 3. The van der Waals surface area contributed by atoms with E-state index in [-0.39, 0.29) is 13.4 Å². The average Bonchev–Trinajstić information content (AvgIpc) is 2.63. The van der Waals surface area contributed by atoms with Gasteiger partial charge in [0.15, 0.2) is 0 Å². The van der Waals surface area contributed by atoms with Gasteiger partial charge in [0.2, 0.25) is 0 Å². The molecule has 0 spiro atoms. The van der Waals surface area contributed by atoms with Crippen molar-refractivity contribution >= 4 is 5.97 Å². The smallest absolute Gasteiger partial charge is 0.337 e. The number of esters is 1. The van der Waals surface area contributed by atoms with Crippen molar-refractivity contribution in [1.82, 2.24) is 5.32 Å². The molecule has 0 amide bonds. The Kier molecular flexibility index (Phi) is 1.93. The van der Waals surface area contributed by atoms with Crippen molar-refractivity contribution in [2.75, 3.05) is 7.11 Å². The Balaban J connectivity index is 0.000000980. The maximum atomic E-state index is 11.2. The molecule has 0 saturated heterocycles. The van der Waals surface area contributed by atoms with Gasteiger partial charge in [0, 0.05) is 7.34 Å². The van der Waals surface area contributed by atoms with Gasteiger partial charge >= 0.3 is 5.97 Å². The van der Waals surface area contributed by atoms with Crippen molar-refractivity contribution in [2.45, 2.75) is 6.04 Å². The zero-order valence-corrected chi connectivity index (χ0v) is 7.36. The summed E-state index contributed by atoms with van der Waals surface area (Å²) in [4.78, 5) is 11.2. The molecule has 2 aliphatic rings. The first kappa shape index (κ1) is 8.10. The van der Waals surface area contributed by atoms with Crippen LogP contribution in [0.25, 0.3) is 0 Å². The van der Waals surface area contributed by atoms with E-state index < -0.39 is 0 Å². The number of ether oxygens (including phenoxy) is 1. The second-order valence-electron chi connectivity index (χ2n) is 3.10. The zero-order chi connectivity index (χ0) is 9.26. The van der Waals surface area contributed by atoms with Gasteiger partial charge in [0.1, 0.15) is 0 Å². The number of fused-ring (bicyclic) bond motifs is 1. The van der Waals surface area contributed by atoms with Crippen molar-refractivity contribution in [3.05, 3.63) is 36.1 Å². The van der Waals surface area contributed by atoms with E-state index in [0.29, 0.717) is 11.5 Å². The summed E-state index contributed by atoms with van der Waals surface area (Å²) < 4.78 is 4.63. The van der Waals surface area contributed by atoms with Gasteiger partial charge in [0.25, 0.3) is 0 Å². The first-order chi connectivity index (χ1) is 6.31. The quantitative estimate of drug-likeness (QED) is 0.610. The van der Waals surface area contributed by atoms with Gasteiger partial charge in [0.05, 0.1) is 18.7 Å². The maximum absolute atomic E-state index is 11.2. The Bertz CT molecular complexity index is 320. The zero-order valence-electron chi connectivity index (χ0n) is 7.36. The fraction of sp³-hybridized carbons (Fsp3) is 0.300. The van der Waals surface area contributed by atoms with Crippen molar-refractivity contribution in [2.24, 2.45) is 5.92 Å². The Morgan fingerprint density at radius 3 is 3.23 bits per heavy atom. The minimum atomic E-state index is -0.275. The molecule has 2 rings (SSSR count). The summed E-state index contributed by atoms with van der Waals surface area (Å²) in [5.74, 6) is 0.108. The topological polar surface area (TPSA) is 38.3 Å². The molecule has 1 heterocycles. The van der Waals surface area contributed by atoms with Crippen LogP contribution in [0.2, 0.25) is 0 Å². The van der Waals surface area contributed by atoms with Crippen LogP contribution < -0.4 is 5.32 Å². The highest BCUT2D eigenvalue weighted by Gasteiger charge is 2.23. The molecule has 0 aromatic rings. The second kappa shape index (κ2) is 3.09. The molecule has 2 atom stereocenters. The highest BCUT2D eigenvalue weighted by atomic mass is 16.5. The van der Waals surface area contributed by atoms with Gasteiger partial charge in [-0.1, -0.05) is 18.2 Å². The maximum Gasteiger partial charge on any atom is 0.337 e. The van der Waals surface area contributed by atoms with Crippen LogP contribution in [0.15, 0.2) is 36.1 Å². The van der Waals surface area contributed by atoms with E-state index in [0.717, 1.165) is 0 Å². The molecule has 3 heteroatoms. The number of methoxy groups -OCH3 is 1. The van der Waals surface area contributed by atoms with Crippen molar-refractivity contribution in [3.8, 4) is 0 Å². The van der Waals surface area contributed by atoms with Crippen molar-refractivity contribution in [1.29, 1.82) is 0 Å². The number of rotatable bonds is 1. The SMILES string of the molecule is COC(=O)C1=CC2NC=CC2C=C1.[HH]. The summed E-state index contributed by atoms with van der Waals surface area (Å²) in [7, 11) is 1.39. The third kappa shape index (κ3) is 1.37. The van der Waals surface area contributed by atoms with Gasteiger partial charge in [-0.25, -0.2) is 4.79 Å². The molecule has 1 aliphatic carbocycles. The molecule has 0 aromatic carbocycles. The second-order valence-corrected chi connectivity index (χ2v) is 3.10. The van der Waals surface area contributed by atoms with Crippen molar-refractivity contribution < 1.29 is 11.0 Å². The Morgan fingerprint density at radius 2 is 2.46 bits per heavy atom. The first-order valence-electron chi connectivity index (χ1n) is 4.22. The highest BCUT2D eigenvalue weighted by Crippen LogP contribution is 2.22. The number of nitrogens with one attached hydrogen (secondary N) is 1. The third-order valence-corrected chi connectivity index (χ3v) is 2.30. The predicted molar refractivity (Wildman–Crippen MR) is 50.9 cm³/mol. The van der Waals surface area contributed by atoms with Gasteiger partial charge in [-0.3, -0.25) is 0 Å². The number of carbonyl (C=O) groups is 1. The molecule has 0 bridgehead atoms. The Morgan fingerprint density at radius 1 is 1.62 bits per heavy atom. The molecule has 70 valence electrons. The summed E-state index contributed by atoms with van der Waals surface area (Å²) in [6.45, 7) is 0. The van der Waals surface area contributed by atoms with Crippen LogP contribution in [-0.2, 0) is 9.53 Å². The van der Waals surface area contributed by atoms with Gasteiger partial charge in [-0.05, 0) is 12.3 Å². The molecule has 3 nitrogen and oxygen atoms in total. The molecule has 13 heavy (non-hydrogen) atoms. The van der Waals surface area contributed by atoms with Gasteiger partial charge in [-0.15, -0.1) is 0 Å². The van der Waals surface area contributed by atoms with Gasteiger partial charge < -0.3 is 10.1 Å². The summed E-state index contributed by atoms with van der Waals surface area (Å²) in [6, 6.07) is 0.221. The minimum absolute atomic E-state index is 0. The molecule has 2 unspecified atom stereocenters. The molecule has 0 aromatic heterocycles. The lowest BCUT2D eigenvalue weighted by molar-refractivity contribution is -0.135. The lowest BCUT2D eigenvalue weighted by atomic mass is 9.94. The monoisotopic (exact) mass is 179 g/mol. The van der Waals surface area contributed by atoms with Gasteiger partial charge in [-0.2, -0.15) is 0 Å². The lowest BCUT2D eigenvalue weighted by Gasteiger charge is -2.17. The van der Waals surface area contributed by atoms with Crippen LogP contribution in [0.1, 0.15) is 1.43 Å². The summed E-state index contributed by atoms with van der Waals surface area (Å²) in [6.07, 6.45) is 9.70. The van der Waals surface area contributed by atoms with Crippen LogP contribution in [0.3, 0.4) is 0 Å². The summed E-state index contributed by atoms with van der Waals surface area (Å²) >= 11 is 0. The van der Waals surface area contributed by atoms with Crippen molar-refractivity contribution in [3.63, 3.8) is 0 Å². The van der Waals surface area contributed by atoms with E-state index in [1.54, 1.807) is 0 Å². The largest absolute Gasteiger partial charge is 0.465 e. The lowest BCUT2D eigenvalue weighted by Crippen LogP contribution is -2.26. The standard InChI is InChI=1S/C10H11NO2.H2/c1-13-10(12)8-3-2-7-4-5-11-9(7)6-8;/h2-7,9,11H,1H3;1H. The summed E-state index contributed by atoms with van der Waals surface area (Å²) in [5.41, 5.74) is 0.625. The van der Waals surface area contributed by atoms with E-state index >= 15 is 0 Å². The van der Waals surface area contributed by atoms with Crippen LogP contribution in [0.4, 0.5) is 0 Å². The van der Waals surface area contributed by atoms with E-state index in [4.69, 9.17) is 0 Å². The predicted octanol–water partition coefficient (Wildman–Crippen LogP) is 1.00. The van der Waals surface area contributed by atoms with Crippen LogP contribution in [0, 0.1) is 5.92 Å². The molecule has 0 saturated carbocycles. The Labute approximate surface area is 78.3 Å². The summed E-state index contributed by atoms with van der Waals surface area (Å²) in [5, 5.41) is 3.15. The molecule has 1 aliphatic heterocycles.